The molecule has 66 valence electrons. The van der Waals surface area contributed by atoms with Gasteiger partial charge >= 0.3 is 0 Å². The molecule has 0 amide bonds. The molecule has 1 rings (SSSR count). The van der Waals surface area contributed by atoms with Gasteiger partial charge in [0, 0.05) is 10.2 Å². The van der Waals surface area contributed by atoms with Gasteiger partial charge < -0.3 is 0 Å². The molecule has 0 heterocycles. The van der Waals surface area contributed by atoms with E-state index in [1.54, 1.807) is 24.3 Å². The molecular weight excluding hydrogens is 192 g/mol. The Morgan fingerprint density at radius 3 is 2.17 bits per heavy atom. The van der Waals surface area contributed by atoms with E-state index in [1.165, 1.54) is 0 Å². The van der Waals surface area contributed by atoms with Crippen LogP contribution in [0, 0.1) is 0 Å². The predicted octanol–water partition coefficient (Wildman–Crippen LogP) is -0.0616. The minimum atomic E-state index is -3.89. The van der Waals surface area contributed by atoms with Gasteiger partial charge in [-0.05, 0) is 5.56 Å². The van der Waals surface area contributed by atoms with Gasteiger partial charge in [0.25, 0.3) is 10.1 Å². The molecule has 0 fully saturated rings. The normalized spacial score (nSPS) is 14.4. The highest BCUT2D eigenvalue weighted by Crippen LogP contribution is 2.16. The van der Waals surface area contributed by atoms with E-state index in [0.29, 0.717) is 15.8 Å². The highest BCUT2D eigenvalue weighted by atomic mass is 32.2. The molecule has 5 heteroatoms. The molecular formula is C7H10O3SSi. The van der Waals surface area contributed by atoms with Crippen LogP contribution in [0.15, 0.2) is 30.3 Å². The lowest BCUT2D eigenvalue weighted by molar-refractivity contribution is 0.480. The highest BCUT2D eigenvalue weighted by Gasteiger charge is 2.18. The molecule has 0 aliphatic heterocycles. The Morgan fingerprint density at radius 1 is 1.25 bits per heavy atom. The topological polar surface area (TPSA) is 54.4 Å². The molecule has 0 bridgehead atoms. The van der Waals surface area contributed by atoms with Gasteiger partial charge in [-0.15, -0.1) is 0 Å². The molecule has 0 saturated heterocycles. The summed E-state index contributed by atoms with van der Waals surface area (Å²) in [6, 6.07) is 8.72. The zero-order valence-electron chi connectivity index (χ0n) is 6.64. The molecule has 12 heavy (non-hydrogen) atoms. The van der Waals surface area contributed by atoms with Crippen molar-refractivity contribution in [3.8, 4) is 0 Å². The van der Waals surface area contributed by atoms with Crippen LogP contribution in [-0.2, 0) is 10.1 Å². The van der Waals surface area contributed by atoms with Gasteiger partial charge in [-0.1, -0.05) is 30.3 Å². The lowest BCUT2D eigenvalue weighted by Gasteiger charge is -2.06. The quantitative estimate of drug-likeness (QED) is 0.540. The monoisotopic (exact) mass is 202 g/mol. The first-order chi connectivity index (χ1) is 5.52. The number of hydrogen-bond acceptors (Lipinski definition) is 2. The molecule has 3 nitrogen and oxygen atoms in total. The lowest BCUT2D eigenvalue weighted by atomic mass is 10.2. The molecule has 0 radical (unpaired) electrons. The Bertz CT molecular complexity index is 346. The second-order valence-corrected chi connectivity index (χ2v) is 6.30. The second kappa shape index (κ2) is 3.38. The first-order valence-corrected chi connectivity index (χ1v) is 6.19. The van der Waals surface area contributed by atoms with Crippen molar-refractivity contribution in [3.05, 3.63) is 35.9 Å². The van der Waals surface area contributed by atoms with Crippen molar-refractivity contribution in [3.63, 3.8) is 0 Å². The van der Waals surface area contributed by atoms with Crippen LogP contribution in [-0.4, -0.2) is 23.2 Å². The Labute approximate surface area is 74.6 Å². The fourth-order valence-corrected chi connectivity index (χ4v) is 1.78. The molecule has 0 saturated carbocycles. The summed E-state index contributed by atoms with van der Waals surface area (Å²) >= 11 is 0. The fourth-order valence-electron chi connectivity index (χ4n) is 0.896. The summed E-state index contributed by atoms with van der Waals surface area (Å²) < 4.78 is 30.2. The van der Waals surface area contributed by atoms with E-state index in [2.05, 4.69) is 0 Å². The van der Waals surface area contributed by atoms with Crippen molar-refractivity contribution in [2.75, 3.05) is 0 Å². The third-order valence-corrected chi connectivity index (χ3v) is 5.34. The van der Waals surface area contributed by atoms with Crippen LogP contribution >= 0.6 is 0 Å². The summed E-state index contributed by atoms with van der Waals surface area (Å²) in [5.41, 5.74) is 0.659. The second-order valence-electron chi connectivity index (χ2n) is 2.57. The zero-order valence-corrected chi connectivity index (χ0v) is 9.45. The maximum Gasteiger partial charge on any atom is 0.268 e. The molecule has 0 aromatic heterocycles. The first-order valence-electron chi connectivity index (χ1n) is 3.53. The molecule has 1 aromatic carbocycles. The molecule has 0 aliphatic carbocycles. The Hall–Kier alpha value is -0.653. The molecule has 1 N–H and O–H groups in total. The smallest absolute Gasteiger partial charge is 0.268 e. The third-order valence-electron chi connectivity index (χ3n) is 1.72. The molecule has 1 unspecified atom stereocenters. The van der Waals surface area contributed by atoms with E-state index < -0.39 is 15.0 Å². The van der Waals surface area contributed by atoms with Crippen LogP contribution in [0.4, 0.5) is 0 Å². The van der Waals surface area contributed by atoms with Crippen LogP contribution in [0.5, 0.6) is 0 Å². The molecule has 0 aliphatic rings. The number of benzene rings is 1. The van der Waals surface area contributed by atoms with Crippen LogP contribution < -0.4 is 0 Å². The maximum atomic E-state index is 10.7. The lowest BCUT2D eigenvalue weighted by Crippen LogP contribution is -2.11. The van der Waals surface area contributed by atoms with Gasteiger partial charge in [0.05, 0.1) is 4.87 Å². The Balaban J connectivity index is 3.02. The summed E-state index contributed by atoms with van der Waals surface area (Å²) in [7, 11) is -3.50. The molecule has 0 spiro atoms. The Kier molecular flexibility index (Phi) is 2.66. The van der Waals surface area contributed by atoms with E-state index in [9.17, 15) is 8.42 Å². The first kappa shape index (κ1) is 9.44. The van der Waals surface area contributed by atoms with Crippen molar-refractivity contribution in [2.45, 2.75) is 4.87 Å². The summed E-state index contributed by atoms with van der Waals surface area (Å²) in [5.74, 6) is 0. The van der Waals surface area contributed by atoms with E-state index in [4.69, 9.17) is 4.55 Å². The van der Waals surface area contributed by atoms with Gasteiger partial charge in [-0.25, -0.2) is 0 Å². The Morgan fingerprint density at radius 2 is 1.75 bits per heavy atom. The number of rotatable bonds is 2. The van der Waals surface area contributed by atoms with Gasteiger partial charge in [0.2, 0.25) is 0 Å². The summed E-state index contributed by atoms with van der Waals surface area (Å²) in [6.45, 7) is 0. The van der Waals surface area contributed by atoms with Crippen LogP contribution in [0.1, 0.15) is 10.4 Å². The van der Waals surface area contributed by atoms with Gasteiger partial charge in [0.15, 0.2) is 0 Å². The van der Waals surface area contributed by atoms with Crippen molar-refractivity contribution in [1.29, 1.82) is 0 Å². The van der Waals surface area contributed by atoms with Gasteiger partial charge in [-0.2, -0.15) is 8.42 Å². The zero-order chi connectivity index (χ0) is 9.19. The van der Waals surface area contributed by atoms with E-state index in [-0.39, 0.29) is 0 Å². The van der Waals surface area contributed by atoms with Gasteiger partial charge in [0.1, 0.15) is 0 Å². The SMILES string of the molecule is O=S(=O)(O)C([SiH3])c1ccccc1. The van der Waals surface area contributed by atoms with Crippen molar-refractivity contribution >= 4 is 20.4 Å². The fraction of sp³-hybridized carbons (Fsp3) is 0.143. The van der Waals surface area contributed by atoms with Crippen molar-refractivity contribution in [2.24, 2.45) is 0 Å². The third kappa shape index (κ3) is 2.16. The average molecular weight is 202 g/mol. The highest BCUT2D eigenvalue weighted by molar-refractivity contribution is 7.87. The van der Waals surface area contributed by atoms with E-state index in [1.807, 2.05) is 6.07 Å². The standard InChI is InChI=1S/C7H10O3SSi/c8-11(9,10)7(12)6-4-2-1-3-5-6/h1-5,7H,12H3,(H,8,9,10). The molecule has 1 atom stereocenters. The summed E-state index contributed by atoms with van der Waals surface area (Å²) in [6.07, 6.45) is 0. The minimum Gasteiger partial charge on any atom is -0.285 e. The predicted molar refractivity (Wildman–Crippen MR) is 50.7 cm³/mol. The van der Waals surface area contributed by atoms with Crippen molar-refractivity contribution in [1.82, 2.24) is 0 Å². The van der Waals surface area contributed by atoms with Gasteiger partial charge in [-0.3, -0.25) is 4.55 Å². The van der Waals surface area contributed by atoms with Crippen LogP contribution in [0.3, 0.4) is 0 Å². The minimum absolute atomic E-state index is 0.398. The average Bonchev–Trinajstić information content (AvgIpc) is 2.03. The summed E-state index contributed by atoms with van der Waals surface area (Å²) in [5, 5.41) is 0. The van der Waals surface area contributed by atoms with E-state index >= 15 is 0 Å². The largest absolute Gasteiger partial charge is 0.285 e. The molecule has 1 aromatic rings. The van der Waals surface area contributed by atoms with Crippen LogP contribution in [0.2, 0.25) is 0 Å². The van der Waals surface area contributed by atoms with E-state index in [0.717, 1.165) is 0 Å². The van der Waals surface area contributed by atoms with Crippen LogP contribution in [0.25, 0.3) is 0 Å². The summed E-state index contributed by atoms with van der Waals surface area (Å²) in [4.78, 5) is -0.710. The van der Waals surface area contributed by atoms with Crippen molar-refractivity contribution < 1.29 is 13.0 Å². The maximum absolute atomic E-state index is 10.7. The number of hydrogen-bond donors (Lipinski definition) is 1.